The topological polar surface area (TPSA) is 58.6 Å². The minimum Gasteiger partial charge on any atom is -0.484 e. The predicted octanol–water partition coefficient (Wildman–Crippen LogP) is 3.07. The van der Waals surface area contributed by atoms with Gasteiger partial charge in [0.25, 0.3) is 5.91 Å². The molecular formula is C17H19NO3. The Morgan fingerprint density at radius 1 is 1.14 bits per heavy atom. The van der Waals surface area contributed by atoms with Gasteiger partial charge in [0, 0.05) is 5.69 Å². The number of hydrogen-bond donors (Lipinski definition) is 2. The fourth-order valence-electron chi connectivity index (χ4n) is 1.83. The van der Waals surface area contributed by atoms with Crippen molar-refractivity contribution in [2.75, 3.05) is 11.9 Å². The molecule has 0 radical (unpaired) electrons. The van der Waals surface area contributed by atoms with E-state index in [1.54, 1.807) is 31.2 Å². The Labute approximate surface area is 124 Å². The lowest BCUT2D eigenvalue weighted by Crippen LogP contribution is -2.20. The van der Waals surface area contributed by atoms with E-state index in [2.05, 4.69) is 5.32 Å². The van der Waals surface area contributed by atoms with Gasteiger partial charge in [-0.25, -0.2) is 0 Å². The molecule has 0 spiro atoms. The highest BCUT2D eigenvalue weighted by atomic mass is 16.5. The van der Waals surface area contributed by atoms with E-state index >= 15 is 0 Å². The van der Waals surface area contributed by atoms with E-state index in [-0.39, 0.29) is 12.5 Å². The Kier molecular flexibility index (Phi) is 4.95. The number of nitrogens with one attached hydrogen (secondary N) is 1. The van der Waals surface area contributed by atoms with Gasteiger partial charge in [-0.1, -0.05) is 29.8 Å². The van der Waals surface area contributed by atoms with Crippen LogP contribution in [0.25, 0.3) is 0 Å². The summed E-state index contributed by atoms with van der Waals surface area (Å²) in [5.41, 5.74) is 2.70. The summed E-state index contributed by atoms with van der Waals surface area (Å²) in [4.78, 5) is 11.8. The molecule has 0 bridgehead atoms. The Bertz CT molecular complexity index is 588. The summed E-state index contributed by atoms with van der Waals surface area (Å²) in [5.74, 6) is 0.386. The fourth-order valence-corrected chi connectivity index (χ4v) is 1.83. The average molecular weight is 285 g/mol. The molecule has 4 heteroatoms. The molecule has 4 nitrogen and oxygen atoms in total. The van der Waals surface area contributed by atoms with Crippen LogP contribution < -0.4 is 10.1 Å². The van der Waals surface area contributed by atoms with Crippen molar-refractivity contribution in [2.24, 2.45) is 0 Å². The number of aliphatic hydroxyl groups excluding tert-OH is 1. The number of anilines is 1. The monoisotopic (exact) mass is 285 g/mol. The first-order valence-corrected chi connectivity index (χ1v) is 6.82. The number of aryl methyl sites for hydroxylation is 1. The van der Waals surface area contributed by atoms with Gasteiger partial charge in [-0.15, -0.1) is 0 Å². The van der Waals surface area contributed by atoms with E-state index in [0.717, 1.165) is 16.8 Å². The molecule has 1 amide bonds. The first kappa shape index (κ1) is 15.1. The highest BCUT2D eigenvalue weighted by Crippen LogP contribution is 2.17. The molecule has 2 N–H and O–H groups in total. The van der Waals surface area contributed by atoms with Crippen molar-refractivity contribution in [3.63, 3.8) is 0 Å². The van der Waals surface area contributed by atoms with Crippen molar-refractivity contribution in [1.29, 1.82) is 0 Å². The van der Waals surface area contributed by atoms with Gasteiger partial charge in [0.1, 0.15) is 5.75 Å². The second-order valence-corrected chi connectivity index (χ2v) is 4.95. The molecule has 1 atom stereocenters. The highest BCUT2D eigenvalue weighted by Gasteiger charge is 2.05. The van der Waals surface area contributed by atoms with Crippen LogP contribution in [0.1, 0.15) is 24.2 Å². The molecule has 1 unspecified atom stereocenters. The van der Waals surface area contributed by atoms with E-state index in [1.165, 1.54) is 0 Å². The SMILES string of the molecule is Cc1ccc(NC(=O)COc2ccc(C(C)O)cc2)cc1. The minimum absolute atomic E-state index is 0.0537. The van der Waals surface area contributed by atoms with Crippen LogP contribution in [-0.2, 0) is 4.79 Å². The van der Waals surface area contributed by atoms with Crippen LogP contribution >= 0.6 is 0 Å². The standard InChI is InChI=1S/C17H19NO3/c1-12-3-7-15(8-4-12)18-17(20)11-21-16-9-5-14(6-10-16)13(2)19/h3-10,13,19H,11H2,1-2H3,(H,18,20). The van der Waals surface area contributed by atoms with Gasteiger partial charge in [0.05, 0.1) is 6.10 Å². The lowest BCUT2D eigenvalue weighted by Gasteiger charge is -2.09. The zero-order valence-corrected chi connectivity index (χ0v) is 12.2. The molecule has 0 heterocycles. The maximum absolute atomic E-state index is 11.8. The number of aliphatic hydroxyl groups is 1. The molecule has 110 valence electrons. The Hall–Kier alpha value is -2.33. The van der Waals surface area contributed by atoms with Crippen molar-refractivity contribution in [2.45, 2.75) is 20.0 Å². The van der Waals surface area contributed by atoms with Crippen molar-refractivity contribution in [3.8, 4) is 5.75 Å². The summed E-state index contributed by atoms with van der Waals surface area (Å²) in [5, 5.41) is 12.2. The smallest absolute Gasteiger partial charge is 0.262 e. The second kappa shape index (κ2) is 6.90. The number of carbonyl (C=O) groups excluding carboxylic acids is 1. The van der Waals surface area contributed by atoms with Gasteiger partial charge in [-0.05, 0) is 43.7 Å². The second-order valence-electron chi connectivity index (χ2n) is 4.95. The lowest BCUT2D eigenvalue weighted by atomic mass is 10.1. The zero-order valence-electron chi connectivity index (χ0n) is 12.2. The Morgan fingerprint density at radius 2 is 1.76 bits per heavy atom. The third kappa shape index (κ3) is 4.61. The van der Waals surface area contributed by atoms with Crippen LogP contribution in [0.2, 0.25) is 0 Å². The van der Waals surface area contributed by atoms with Gasteiger partial charge in [0.15, 0.2) is 6.61 Å². The van der Waals surface area contributed by atoms with Gasteiger partial charge in [-0.3, -0.25) is 4.79 Å². The predicted molar refractivity (Wildman–Crippen MR) is 82.4 cm³/mol. The largest absolute Gasteiger partial charge is 0.484 e. The summed E-state index contributed by atoms with van der Waals surface area (Å²) in [6, 6.07) is 14.6. The number of benzene rings is 2. The summed E-state index contributed by atoms with van der Waals surface area (Å²) < 4.78 is 5.40. The molecule has 0 aromatic heterocycles. The molecule has 0 fully saturated rings. The van der Waals surface area contributed by atoms with Gasteiger partial charge in [-0.2, -0.15) is 0 Å². The number of hydrogen-bond acceptors (Lipinski definition) is 3. The molecule has 0 saturated carbocycles. The van der Waals surface area contributed by atoms with Gasteiger partial charge < -0.3 is 15.2 Å². The van der Waals surface area contributed by atoms with Crippen LogP contribution in [0.5, 0.6) is 5.75 Å². The Balaban J connectivity index is 1.84. The molecule has 2 rings (SSSR count). The van der Waals surface area contributed by atoms with Crippen molar-refractivity contribution in [3.05, 3.63) is 59.7 Å². The van der Waals surface area contributed by atoms with E-state index in [0.29, 0.717) is 5.75 Å². The molecule has 0 aliphatic rings. The molecular weight excluding hydrogens is 266 g/mol. The lowest BCUT2D eigenvalue weighted by molar-refractivity contribution is -0.118. The van der Waals surface area contributed by atoms with E-state index < -0.39 is 6.10 Å². The van der Waals surface area contributed by atoms with E-state index in [9.17, 15) is 9.90 Å². The van der Waals surface area contributed by atoms with Crippen LogP contribution in [0.4, 0.5) is 5.69 Å². The number of carbonyl (C=O) groups is 1. The first-order valence-electron chi connectivity index (χ1n) is 6.82. The molecule has 21 heavy (non-hydrogen) atoms. The van der Waals surface area contributed by atoms with Gasteiger partial charge >= 0.3 is 0 Å². The number of rotatable bonds is 5. The molecule has 0 aliphatic heterocycles. The zero-order chi connectivity index (χ0) is 15.2. The maximum atomic E-state index is 11.8. The summed E-state index contributed by atoms with van der Waals surface area (Å²) >= 11 is 0. The first-order chi connectivity index (χ1) is 10.0. The summed E-state index contributed by atoms with van der Waals surface area (Å²) in [6.45, 7) is 3.64. The average Bonchev–Trinajstić information content (AvgIpc) is 2.48. The molecule has 2 aromatic rings. The van der Waals surface area contributed by atoms with Crippen LogP contribution in [0, 0.1) is 6.92 Å². The summed E-state index contributed by atoms with van der Waals surface area (Å²) in [7, 11) is 0. The van der Waals surface area contributed by atoms with Crippen LogP contribution in [0.3, 0.4) is 0 Å². The van der Waals surface area contributed by atoms with Crippen molar-refractivity contribution in [1.82, 2.24) is 0 Å². The third-order valence-electron chi connectivity index (χ3n) is 3.07. The highest BCUT2D eigenvalue weighted by molar-refractivity contribution is 5.91. The third-order valence-corrected chi connectivity index (χ3v) is 3.07. The molecule has 0 saturated heterocycles. The fraction of sp³-hybridized carbons (Fsp3) is 0.235. The number of ether oxygens (including phenoxy) is 1. The quantitative estimate of drug-likeness (QED) is 0.887. The van der Waals surface area contributed by atoms with Crippen molar-refractivity contribution < 1.29 is 14.6 Å². The maximum Gasteiger partial charge on any atom is 0.262 e. The van der Waals surface area contributed by atoms with E-state index in [4.69, 9.17) is 4.74 Å². The van der Waals surface area contributed by atoms with Gasteiger partial charge in [0.2, 0.25) is 0 Å². The summed E-state index contributed by atoms with van der Waals surface area (Å²) in [6.07, 6.45) is -0.510. The minimum atomic E-state index is -0.510. The van der Waals surface area contributed by atoms with E-state index in [1.807, 2.05) is 31.2 Å². The molecule has 0 aliphatic carbocycles. The molecule has 2 aromatic carbocycles. The number of amides is 1. The van der Waals surface area contributed by atoms with Crippen molar-refractivity contribution >= 4 is 11.6 Å². The Morgan fingerprint density at radius 3 is 2.33 bits per heavy atom. The van der Waals surface area contributed by atoms with Crippen LogP contribution in [-0.4, -0.2) is 17.6 Å². The normalized spacial score (nSPS) is 11.8. The van der Waals surface area contributed by atoms with Crippen LogP contribution in [0.15, 0.2) is 48.5 Å².